The van der Waals surface area contributed by atoms with Crippen molar-refractivity contribution in [3.63, 3.8) is 0 Å². The second-order valence-electron chi connectivity index (χ2n) is 3.83. The standard InChI is InChI=1S/C11H14ClF3N2O/c1-2-3-17(7-11(13,14)15)10-4-8(6-18)9(12)5-16-10/h4-5,18H,2-3,6-7H2,1H3. The van der Waals surface area contributed by atoms with Crippen LogP contribution in [0, 0.1) is 0 Å². The van der Waals surface area contributed by atoms with Gasteiger partial charge in [-0.1, -0.05) is 18.5 Å². The Balaban J connectivity index is 2.98. The minimum absolute atomic E-state index is 0.169. The Morgan fingerprint density at radius 3 is 2.61 bits per heavy atom. The van der Waals surface area contributed by atoms with Crippen molar-refractivity contribution >= 4 is 17.4 Å². The van der Waals surface area contributed by atoms with Crippen LogP contribution in [0.4, 0.5) is 19.0 Å². The minimum Gasteiger partial charge on any atom is -0.392 e. The van der Waals surface area contributed by atoms with Gasteiger partial charge < -0.3 is 10.0 Å². The molecule has 0 amide bonds. The van der Waals surface area contributed by atoms with E-state index in [4.69, 9.17) is 16.7 Å². The second kappa shape index (κ2) is 6.24. The zero-order valence-corrected chi connectivity index (χ0v) is 10.6. The van der Waals surface area contributed by atoms with E-state index >= 15 is 0 Å². The van der Waals surface area contributed by atoms with Crippen LogP contribution in [0.1, 0.15) is 18.9 Å². The summed E-state index contributed by atoms with van der Waals surface area (Å²) in [6.07, 6.45) is -2.48. The molecule has 102 valence electrons. The summed E-state index contributed by atoms with van der Waals surface area (Å²) in [5, 5.41) is 9.27. The molecule has 0 saturated heterocycles. The number of hydrogen-bond donors (Lipinski definition) is 1. The van der Waals surface area contributed by atoms with Crippen LogP contribution in [0.5, 0.6) is 0 Å². The van der Waals surface area contributed by atoms with Crippen LogP contribution in [0.3, 0.4) is 0 Å². The molecule has 0 saturated carbocycles. The SMILES string of the molecule is CCCN(CC(F)(F)F)c1cc(CO)c(Cl)cn1. The Labute approximate surface area is 108 Å². The molecule has 1 rings (SSSR count). The quantitative estimate of drug-likeness (QED) is 0.902. The van der Waals surface area contributed by atoms with E-state index in [1.165, 1.54) is 12.3 Å². The lowest BCUT2D eigenvalue weighted by atomic mass is 10.2. The van der Waals surface area contributed by atoms with Gasteiger partial charge in [0.15, 0.2) is 0 Å². The summed E-state index contributed by atoms with van der Waals surface area (Å²) < 4.78 is 37.3. The first-order valence-electron chi connectivity index (χ1n) is 5.44. The summed E-state index contributed by atoms with van der Waals surface area (Å²) in [7, 11) is 0. The molecule has 0 aliphatic carbocycles. The number of aromatic nitrogens is 1. The third kappa shape index (κ3) is 4.34. The maximum atomic E-state index is 12.4. The van der Waals surface area contributed by atoms with E-state index in [9.17, 15) is 13.2 Å². The van der Waals surface area contributed by atoms with E-state index in [1.54, 1.807) is 6.92 Å². The van der Waals surface area contributed by atoms with Crippen LogP contribution in [-0.2, 0) is 6.61 Å². The van der Waals surface area contributed by atoms with Crippen molar-refractivity contribution in [2.24, 2.45) is 0 Å². The molecule has 0 aromatic carbocycles. The van der Waals surface area contributed by atoms with Crippen LogP contribution in [0.2, 0.25) is 5.02 Å². The lowest BCUT2D eigenvalue weighted by molar-refractivity contribution is -0.119. The van der Waals surface area contributed by atoms with E-state index < -0.39 is 12.7 Å². The Morgan fingerprint density at radius 1 is 1.44 bits per heavy atom. The van der Waals surface area contributed by atoms with Gasteiger partial charge in [0.05, 0.1) is 11.6 Å². The molecular formula is C11H14ClF3N2O. The van der Waals surface area contributed by atoms with Crippen molar-refractivity contribution in [2.45, 2.75) is 26.1 Å². The second-order valence-corrected chi connectivity index (χ2v) is 4.24. The molecule has 3 nitrogen and oxygen atoms in total. The van der Waals surface area contributed by atoms with Gasteiger partial charge in [-0.25, -0.2) is 4.98 Å². The normalized spacial score (nSPS) is 11.7. The summed E-state index contributed by atoms with van der Waals surface area (Å²) in [5.41, 5.74) is 0.366. The number of hydrogen-bond acceptors (Lipinski definition) is 3. The smallest absolute Gasteiger partial charge is 0.392 e. The average molecular weight is 283 g/mol. The van der Waals surface area contributed by atoms with E-state index in [-0.39, 0.29) is 24.0 Å². The van der Waals surface area contributed by atoms with Gasteiger partial charge in [-0.15, -0.1) is 0 Å². The van der Waals surface area contributed by atoms with Gasteiger partial charge in [-0.3, -0.25) is 0 Å². The molecule has 0 radical (unpaired) electrons. The number of halogens is 4. The number of nitrogens with zero attached hydrogens (tertiary/aromatic N) is 2. The highest BCUT2D eigenvalue weighted by molar-refractivity contribution is 6.31. The van der Waals surface area contributed by atoms with Gasteiger partial charge in [-0.2, -0.15) is 13.2 Å². The van der Waals surface area contributed by atoms with Crippen molar-refractivity contribution in [2.75, 3.05) is 18.0 Å². The molecule has 0 fully saturated rings. The summed E-state index contributed by atoms with van der Waals surface area (Å²) in [5.74, 6) is 0.169. The summed E-state index contributed by atoms with van der Waals surface area (Å²) >= 11 is 5.75. The molecule has 0 unspecified atom stereocenters. The highest BCUT2D eigenvalue weighted by atomic mass is 35.5. The highest BCUT2D eigenvalue weighted by Crippen LogP contribution is 2.24. The van der Waals surface area contributed by atoms with Gasteiger partial charge in [0.25, 0.3) is 0 Å². The summed E-state index contributed by atoms with van der Waals surface area (Å²) in [4.78, 5) is 4.99. The van der Waals surface area contributed by atoms with Crippen molar-refractivity contribution in [1.29, 1.82) is 0 Å². The Kier molecular flexibility index (Phi) is 5.22. The number of pyridine rings is 1. The van der Waals surface area contributed by atoms with E-state index in [0.29, 0.717) is 12.0 Å². The Hall–Kier alpha value is -1.01. The number of anilines is 1. The van der Waals surface area contributed by atoms with Crippen LogP contribution in [-0.4, -0.2) is 29.4 Å². The third-order valence-electron chi connectivity index (χ3n) is 2.28. The number of rotatable bonds is 5. The van der Waals surface area contributed by atoms with E-state index in [0.717, 1.165) is 4.90 Å². The molecule has 1 N–H and O–H groups in total. The van der Waals surface area contributed by atoms with Gasteiger partial charge in [0.1, 0.15) is 12.4 Å². The largest absolute Gasteiger partial charge is 0.405 e. The Morgan fingerprint density at radius 2 is 2.11 bits per heavy atom. The van der Waals surface area contributed by atoms with Crippen molar-refractivity contribution in [3.05, 3.63) is 22.8 Å². The molecule has 1 heterocycles. The molecule has 0 atom stereocenters. The van der Waals surface area contributed by atoms with Crippen molar-refractivity contribution in [3.8, 4) is 0 Å². The fourth-order valence-electron chi connectivity index (χ4n) is 1.52. The number of aliphatic hydroxyl groups is 1. The van der Waals surface area contributed by atoms with Gasteiger partial charge in [-0.05, 0) is 12.5 Å². The molecule has 18 heavy (non-hydrogen) atoms. The molecule has 7 heteroatoms. The maximum Gasteiger partial charge on any atom is 0.405 e. The fourth-order valence-corrected chi connectivity index (χ4v) is 1.69. The lowest BCUT2D eigenvalue weighted by Gasteiger charge is -2.24. The van der Waals surface area contributed by atoms with E-state index in [1.807, 2.05) is 0 Å². The van der Waals surface area contributed by atoms with Crippen molar-refractivity contribution in [1.82, 2.24) is 4.98 Å². The Bertz CT molecular complexity index is 398. The molecule has 1 aromatic heterocycles. The first-order chi connectivity index (χ1) is 8.37. The molecule has 0 spiro atoms. The van der Waals surface area contributed by atoms with Gasteiger partial charge >= 0.3 is 6.18 Å². The lowest BCUT2D eigenvalue weighted by Crippen LogP contribution is -2.35. The monoisotopic (exact) mass is 282 g/mol. The predicted molar refractivity (Wildman–Crippen MR) is 63.7 cm³/mol. The fraction of sp³-hybridized carbons (Fsp3) is 0.545. The summed E-state index contributed by atoms with van der Waals surface area (Å²) in [6.45, 7) is 0.617. The number of alkyl halides is 3. The molecule has 0 aliphatic rings. The van der Waals surface area contributed by atoms with Crippen LogP contribution >= 0.6 is 11.6 Å². The van der Waals surface area contributed by atoms with Crippen LogP contribution in [0.25, 0.3) is 0 Å². The number of aliphatic hydroxyl groups excluding tert-OH is 1. The first kappa shape index (κ1) is 15.0. The molecular weight excluding hydrogens is 269 g/mol. The molecule has 0 bridgehead atoms. The zero-order chi connectivity index (χ0) is 13.8. The van der Waals surface area contributed by atoms with Gasteiger partial charge in [0.2, 0.25) is 0 Å². The first-order valence-corrected chi connectivity index (χ1v) is 5.82. The van der Waals surface area contributed by atoms with Gasteiger partial charge in [0, 0.05) is 18.3 Å². The highest BCUT2D eigenvalue weighted by Gasteiger charge is 2.31. The molecule has 1 aromatic rings. The zero-order valence-electron chi connectivity index (χ0n) is 9.84. The summed E-state index contributed by atoms with van der Waals surface area (Å²) in [6, 6.07) is 1.38. The maximum absolute atomic E-state index is 12.4. The molecule has 0 aliphatic heterocycles. The average Bonchev–Trinajstić information content (AvgIpc) is 2.27. The van der Waals surface area contributed by atoms with Crippen LogP contribution in [0.15, 0.2) is 12.3 Å². The van der Waals surface area contributed by atoms with Crippen molar-refractivity contribution < 1.29 is 18.3 Å². The minimum atomic E-state index is -4.30. The third-order valence-corrected chi connectivity index (χ3v) is 2.62. The predicted octanol–water partition coefficient (Wildman–Crippen LogP) is 3.01. The topological polar surface area (TPSA) is 36.4 Å². The van der Waals surface area contributed by atoms with Crippen LogP contribution < -0.4 is 4.90 Å². The van der Waals surface area contributed by atoms with E-state index in [2.05, 4.69) is 4.98 Å².